The summed E-state index contributed by atoms with van der Waals surface area (Å²) in [5.74, 6) is 0.0615. The summed E-state index contributed by atoms with van der Waals surface area (Å²) >= 11 is 0. The van der Waals surface area contributed by atoms with Gasteiger partial charge in [-0.05, 0) is 17.7 Å². The number of para-hydroxylation sites is 1. The molecule has 0 heterocycles. The number of carbonyl (C=O) groups excluding carboxylic acids is 1. The SMILES string of the molecule is COc1ccccc1/C=N\NC(=O)[C@@H](O)c1ccccc1. The van der Waals surface area contributed by atoms with E-state index in [2.05, 4.69) is 10.5 Å². The number of hydrogen-bond donors (Lipinski definition) is 2. The summed E-state index contributed by atoms with van der Waals surface area (Å²) in [6, 6.07) is 16.0. The van der Waals surface area contributed by atoms with Crippen LogP contribution in [0.25, 0.3) is 0 Å². The molecule has 2 N–H and O–H groups in total. The van der Waals surface area contributed by atoms with Gasteiger partial charge in [-0.1, -0.05) is 42.5 Å². The Bertz CT molecular complexity index is 626. The highest BCUT2D eigenvalue weighted by Crippen LogP contribution is 2.15. The van der Waals surface area contributed by atoms with E-state index in [0.717, 1.165) is 5.56 Å². The lowest BCUT2D eigenvalue weighted by Gasteiger charge is -2.08. The van der Waals surface area contributed by atoms with E-state index in [1.54, 1.807) is 37.4 Å². The van der Waals surface area contributed by atoms with Gasteiger partial charge in [-0.2, -0.15) is 5.10 Å². The predicted octanol–water partition coefficient (Wildman–Crippen LogP) is 1.88. The summed E-state index contributed by atoms with van der Waals surface area (Å²) in [5.41, 5.74) is 3.55. The molecule has 2 aromatic rings. The first-order valence-electron chi connectivity index (χ1n) is 6.41. The molecule has 0 unspecified atom stereocenters. The van der Waals surface area contributed by atoms with E-state index < -0.39 is 12.0 Å². The van der Waals surface area contributed by atoms with Gasteiger partial charge < -0.3 is 9.84 Å². The molecule has 108 valence electrons. The molecule has 2 rings (SSSR count). The molecular formula is C16H16N2O3. The van der Waals surface area contributed by atoms with Gasteiger partial charge >= 0.3 is 0 Å². The second kappa shape index (κ2) is 7.21. The monoisotopic (exact) mass is 284 g/mol. The number of nitrogens with one attached hydrogen (secondary N) is 1. The Labute approximate surface area is 122 Å². The first kappa shape index (κ1) is 14.7. The lowest BCUT2D eigenvalue weighted by molar-refractivity contribution is -0.129. The highest BCUT2D eigenvalue weighted by molar-refractivity contribution is 5.86. The average molecular weight is 284 g/mol. The van der Waals surface area contributed by atoms with Crippen LogP contribution in [0.2, 0.25) is 0 Å². The molecule has 0 aromatic heterocycles. The number of carbonyl (C=O) groups is 1. The maximum atomic E-state index is 11.8. The van der Waals surface area contributed by atoms with Crippen molar-refractivity contribution in [3.63, 3.8) is 0 Å². The van der Waals surface area contributed by atoms with E-state index in [4.69, 9.17) is 4.74 Å². The predicted molar refractivity (Wildman–Crippen MR) is 80.1 cm³/mol. The molecule has 5 nitrogen and oxygen atoms in total. The molecular weight excluding hydrogens is 268 g/mol. The second-order valence-electron chi connectivity index (χ2n) is 4.29. The van der Waals surface area contributed by atoms with Crippen molar-refractivity contribution in [3.05, 3.63) is 65.7 Å². The fourth-order valence-electron chi connectivity index (χ4n) is 1.79. The third kappa shape index (κ3) is 3.90. The Balaban J connectivity index is 1.99. The molecule has 0 saturated carbocycles. The van der Waals surface area contributed by atoms with Crippen molar-refractivity contribution in [2.24, 2.45) is 5.10 Å². The lowest BCUT2D eigenvalue weighted by atomic mass is 10.1. The lowest BCUT2D eigenvalue weighted by Crippen LogP contribution is -2.25. The molecule has 2 aromatic carbocycles. The summed E-state index contributed by atoms with van der Waals surface area (Å²) in [7, 11) is 1.56. The van der Waals surface area contributed by atoms with Crippen molar-refractivity contribution < 1.29 is 14.6 Å². The van der Waals surface area contributed by atoms with Crippen LogP contribution in [0.1, 0.15) is 17.2 Å². The maximum Gasteiger partial charge on any atom is 0.273 e. The highest BCUT2D eigenvalue weighted by atomic mass is 16.5. The number of benzene rings is 2. The fraction of sp³-hybridized carbons (Fsp3) is 0.125. The normalized spacial score (nSPS) is 12.1. The first-order valence-corrected chi connectivity index (χ1v) is 6.41. The molecule has 0 aliphatic heterocycles. The Hall–Kier alpha value is -2.66. The maximum absolute atomic E-state index is 11.8. The molecule has 1 atom stereocenters. The minimum absolute atomic E-state index is 0.516. The quantitative estimate of drug-likeness (QED) is 0.650. The number of methoxy groups -OCH3 is 1. The Morgan fingerprint density at radius 1 is 1.19 bits per heavy atom. The Morgan fingerprint density at radius 3 is 2.57 bits per heavy atom. The standard InChI is InChI=1S/C16H16N2O3/c1-21-14-10-6-5-9-13(14)11-17-18-16(20)15(19)12-7-3-2-4-8-12/h2-11,15,19H,1H3,(H,18,20)/b17-11-/t15-/m0/s1. The van der Waals surface area contributed by atoms with E-state index in [1.165, 1.54) is 6.21 Å². The molecule has 5 heteroatoms. The van der Waals surface area contributed by atoms with Crippen LogP contribution >= 0.6 is 0 Å². The van der Waals surface area contributed by atoms with E-state index in [1.807, 2.05) is 24.3 Å². The van der Waals surface area contributed by atoms with Gasteiger partial charge in [0.15, 0.2) is 6.10 Å². The van der Waals surface area contributed by atoms with Crippen molar-refractivity contribution in [2.75, 3.05) is 7.11 Å². The van der Waals surface area contributed by atoms with Crippen LogP contribution in [0.15, 0.2) is 59.7 Å². The summed E-state index contributed by atoms with van der Waals surface area (Å²) in [6.07, 6.45) is 0.218. The van der Waals surface area contributed by atoms with Gasteiger partial charge in [-0.25, -0.2) is 5.43 Å². The van der Waals surface area contributed by atoms with Crippen LogP contribution < -0.4 is 10.2 Å². The molecule has 0 radical (unpaired) electrons. The van der Waals surface area contributed by atoms with Gasteiger partial charge in [0.1, 0.15) is 5.75 Å². The van der Waals surface area contributed by atoms with Crippen molar-refractivity contribution >= 4 is 12.1 Å². The van der Waals surface area contributed by atoms with Crippen LogP contribution in [0.5, 0.6) is 5.75 Å². The largest absolute Gasteiger partial charge is 0.496 e. The molecule has 0 saturated heterocycles. The van der Waals surface area contributed by atoms with Crippen molar-refractivity contribution in [1.82, 2.24) is 5.43 Å². The highest BCUT2D eigenvalue weighted by Gasteiger charge is 2.15. The summed E-state index contributed by atoms with van der Waals surface area (Å²) in [5, 5.41) is 13.7. The van der Waals surface area contributed by atoms with Crippen LogP contribution in [0, 0.1) is 0 Å². The zero-order valence-corrected chi connectivity index (χ0v) is 11.6. The van der Waals surface area contributed by atoms with Crippen molar-refractivity contribution in [1.29, 1.82) is 0 Å². The van der Waals surface area contributed by atoms with Crippen LogP contribution in [-0.4, -0.2) is 24.3 Å². The molecule has 1 amide bonds. The van der Waals surface area contributed by atoms with E-state index in [0.29, 0.717) is 11.3 Å². The fourth-order valence-corrected chi connectivity index (χ4v) is 1.79. The zero-order valence-electron chi connectivity index (χ0n) is 11.6. The van der Waals surface area contributed by atoms with E-state index in [9.17, 15) is 9.90 Å². The van der Waals surface area contributed by atoms with E-state index >= 15 is 0 Å². The van der Waals surface area contributed by atoms with Gasteiger partial charge in [0, 0.05) is 5.56 Å². The van der Waals surface area contributed by atoms with Crippen LogP contribution in [0.3, 0.4) is 0 Å². The molecule has 0 aliphatic rings. The Morgan fingerprint density at radius 2 is 1.86 bits per heavy atom. The Kier molecular flexibility index (Phi) is 5.06. The third-order valence-corrected chi connectivity index (χ3v) is 2.88. The number of hydrogen-bond acceptors (Lipinski definition) is 4. The van der Waals surface area contributed by atoms with E-state index in [-0.39, 0.29) is 0 Å². The summed E-state index contributed by atoms with van der Waals surface area (Å²) < 4.78 is 5.17. The number of ether oxygens (including phenoxy) is 1. The molecule has 21 heavy (non-hydrogen) atoms. The summed E-state index contributed by atoms with van der Waals surface area (Å²) in [4.78, 5) is 11.8. The topological polar surface area (TPSA) is 70.9 Å². The second-order valence-corrected chi connectivity index (χ2v) is 4.29. The number of amides is 1. The number of hydrazone groups is 1. The van der Waals surface area contributed by atoms with Gasteiger partial charge in [0.2, 0.25) is 0 Å². The first-order chi connectivity index (χ1) is 10.2. The van der Waals surface area contributed by atoms with Gasteiger partial charge in [0.05, 0.1) is 13.3 Å². The molecule has 0 spiro atoms. The smallest absolute Gasteiger partial charge is 0.273 e. The molecule has 0 aliphatic carbocycles. The molecule has 0 fully saturated rings. The number of aliphatic hydroxyl groups excluding tert-OH is 1. The van der Waals surface area contributed by atoms with Gasteiger partial charge in [-0.3, -0.25) is 4.79 Å². The van der Waals surface area contributed by atoms with Crippen molar-refractivity contribution in [3.8, 4) is 5.75 Å². The van der Waals surface area contributed by atoms with Crippen molar-refractivity contribution in [2.45, 2.75) is 6.10 Å². The third-order valence-electron chi connectivity index (χ3n) is 2.88. The molecule has 0 bridgehead atoms. The number of nitrogens with zero attached hydrogens (tertiary/aromatic N) is 1. The average Bonchev–Trinajstić information content (AvgIpc) is 2.55. The minimum atomic E-state index is -1.25. The zero-order chi connectivity index (χ0) is 15.1. The number of rotatable bonds is 5. The van der Waals surface area contributed by atoms with Crippen LogP contribution in [0.4, 0.5) is 0 Å². The number of aliphatic hydroxyl groups is 1. The van der Waals surface area contributed by atoms with Gasteiger partial charge in [-0.15, -0.1) is 0 Å². The summed E-state index contributed by atoms with van der Waals surface area (Å²) in [6.45, 7) is 0. The van der Waals surface area contributed by atoms with Crippen LogP contribution in [-0.2, 0) is 4.79 Å². The van der Waals surface area contributed by atoms with Gasteiger partial charge in [0.25, 0.3) is 5.91 Å². The minimum Gasteiger partial charge on any atom is -0.496 e.